The maximum absolute atomic E-state index is 13.7. The number of halogens is 4. The summed E-state index contributed by atoms with van der Waals surface area (Å²) in [5, 5.41) is 2.08. The Morgan fingerprint density at radius 1 is 0.786 bits per heavy atom. The van der Waals surface area contributed by atoms with E-state index in [9.17, 15) is 9.59 Å². The van der Waals surface area contributed by atoms with Crippen LogP contribution in [0.4, 0.5) is 11.4 Å². The Morgan fingerprint density at radius 2 is 1.33 bits per heavy atom. The van der Waals surface area contributed by atoms with Gasteiger partial charge in [0, 0.05) is 11.1 Å². The fourth-order valence-electron chi connectivity index (χ4n) is 6.70. The molecule has 0 unspecified atom stereocenters. The molecule has 2 aliphatic rings. The number of anilines is 2. The van der Waals surface area contributed by atoms with E-state index in [1.165, 1.54) is 11.1 Å². The van der Waals surface area contributed by atoms with Gasteiger partial charge in [-0.05, 0) is 72.9 Å². The summed E-state index contributed by atoms with van der Waals surface area (Å²) < 4.78 is 0. The van der Waals surface area contributed by atoms with E-state index in [2.05, 4.69) is 82.0 Å². The molecule has 1 aliphatic carbocycles. The first-order chi connectivity index (χ1) is 19.8. The Kier molecular flexibility index (Phi) is 6.90. The summed E-state index contributed by atoms with van der Waals surface area (Å²) in [7, 11) is 0. The number of fused-ring (bicyclic) bond motifs is 4. The highest BCUT2D eigenvalue weighted by Crippen LogP contribution is 2.55. The zero-order valence-electron chi connectivity index (χ0n) is 24.0. The molecule has 6 rings (SSSR count). The van der Waals surface area contributed by atoms with Gasteiger partial charge < -0.3 is 4.90 Å². The molecule has 42 heavy (non-hydrogen) atoms. The van der Waals surface area contributed by atoms with E-state index in [1.54, 1.807) is 6.92 Å². The molecule has 0 saturated carbocycles. The van der Waals surface area contributed by atoms with Gasteiger partial charge in [0.2, 0.25) is 0 Å². The van der Waals surface area contributed by atoms with E-state index >= 15 is 0 Å². The van der Waals surface area contributed by atoms with E-state index < -0.39 is 17.0 Å². The van der Waals surface area contributed by atoms with Crippen molar-refractivity contribution in [3.63, 3.8) is 0 Å². The topological polar surface area (TPSA) is 37.4 Å². The molecule has 1 aliphatic heterocycles. The van der Waals surface area contributed by atoms with Crippen LogP contribution in [0.2, 0.25) is 20.1 Å². The largest absolute Gasteiger partial charge is 0.312 e. The van der Waals surface area contributed by atoms with Gasteiger partial charge >= 0.3 is 0 Å². The van der Waals surface area contributed by atoms with Gasteiger partial charge in [-0.25, -0.2) is 0 Å². The van der Waals surface area contributed by atoms with Crippen molar-refractivity contribution in [3.05, 3.63) is 125 Å². The van der Waals surface area contributed by atoms with Gasteiger partial charge in [-0.15, -0.1) is 0 Å². The Balaban J connectivity index is 1.65. The molecule has 0 aromatic heterocycles. The van der Waals surface area contributed by atoms with Crippen LogP contribution in [0.3, 0.4) is 0 Å². The minimum absolute atomic E-state index is 0.00383. The van der Waals surface area contributed by atoms with E-state index in [0.717, 1.165) is 39.0 Å². The number of rotatable bonds is 2. The third-order valence-corrected chi connectivity index (χ3v) is 10.2. The van der Waals surface area contributed by atoms with Crippen molar-refractivity contribution in [1.29, 1.82) is 0 Å². The molecule has 0 spiro atoms. The lowest BCUT2D eigenvalue weighted by Crippen LogP contribution is -2.24. The quantitative estimate of drug-likeness (QED) is 0.0952. The highest BCUT2D eigenvalue weighted by Gasteiger charge is 2.44. The van der Waals surface area contributed by atoms with Crippen molar-refractivity contribution >= 4 is 80.1 Å². The Morgan fingerprint density at radius 3 is 1.90 bits per heavy atom. The fourth-order valence-corrected chi connectivity index (χ4v) is 7.72. The van der Waals surface area contributed by atoms with Gasteiger partial charge in [-0.2, -0.15) is 0 Å². The first-order valence-corrected chi connectivity index (χ1v) is 15.1. The number of carbonyl (C=O) groups is 2. The highest BCUT2D eigenvalue weighted by atomic mass is 35.5. The van der Waals surface area contributed by atoms with Crippen LogP contribution in [-0.4, -0.2) is 11.6 Å². The highest BCUT2D eigenvalue weighted by molar-refractivity contribution is 6.57. The molecule has 212 valence electrons. The average molecular weight is 635 g/mol. The molecule has 0 radical (unpaired) electrons. The molecule has 1 heterocycles. The molecule has 7 heteroatoms. The van der Waals surface area contributed by atoms with Gasteiger partial charge in [0.15, 0.2) is 11.6 Å². The molecule has 0 saturated heterocycles. The van der Waals surface area contributed by atoms with Gasteiger partial charge in [-0.1, -0.05) is 108 Å². The van der Waals surface area contributed by atoms with Crippen LogP contribution in [-0.2, 0) is 5.41 Å². The van der Waals surface area contributed by atoms with E-state index in [0.29, 0.717) is 5.57 Å². The zero-order chi connectivity index (χ0) is 30.4. The summed E-state index contributed by atoms with van der Waals surface area (Å²) in [5.41, 5.74) is 7.72. The molecule has 0 amide bonds. The molecule has 4 aromatic rings. The normalized spacial score (nSPS) is 16.6. The number of ketones is 2. The van der Waals surface area contributed by atoms with E-state index in [4.69, 9.17) is 46.4 Å². The molecule has 0 bridgehead atoms. The number of aryl methyl sites for hydroxylation is 3. The van der Waals surface area contributed by atoms with Crippen molar-refractivity contribution in [2.75, 3.05) is 4.90 Å². The van der Waals surface area contributed by atoms with Crippen molar-refractivity contribution in [2.24, 2.45) is 0 Å². The summed E-state index contributed by atoms with van der Waals surface area (Å²) in [6, 6.07) is 17.0. The minimum atomic E-state index is -0.511. The first-order valence-electron chi connectivity index (χ1n) is 13.6. The summed E-state index contributed by atoms with van der Waals surface area (Å²) >= 11 is 25.4. The number of allylic oxidation sites excluding steroid dienone is 4. The van der Waals surface area contributed by atoms with Crippen LogP contribution >= 0.6 is 46.4 Å². The van der Waals surface area contributed by atoms with Crippen molar-refractivity contribution in [3.8, 4) is 0 Å². The zero-order valence-corrected chi connectivity index (χ0v) is 27.0. The predicted octanol–water partition coefficient (Wildman–Crippen LogP) is 11.1. The maximum Gasteiger partial charge on any atom is 0.199 e. The second kappa shape index (κ2) is 9.99. The minimum Gasteiger partial charge on any atom is -0.312 e. The molecule has 0 fully saturated rings. The third kappa shape index (κ3) is 4.02. The van der Waals surface area contributed by atoms with Crippen LogP contribution in [0.5, 0.6) is 0 Å². The monoisotopic (exact) mass is 633 g/mol. The lowest BCUT2D eigenvalue weighted by molar-refractivity contribution is 0.0987. The van der Waals surface area contributed by atoms with Crippen LogP contribution in [0.25, 0.3) is 10.8 Å². The van der Waals surface area contributed by atoms with Crippen molar-refractivity contribution < 1.29 is 9.59 Å². The van der Waals surface area contributed by atoms with Gasteiger partial charge in [0.25, 0.3) is 0 Å². The predicted molar refractivity (Wildman–Crippen MR) is 176 cm³/mol. The van der Waals surface area contributed by atoms with E-state index in [1.807, 2.05) is 12.1 Å². The van der Waals surface area contributed by atoms with Crippen LogP contribution in [0, 0.1) is 20.8 Å². The number of carbonyl (C=O) groups excluding carboxylic acids is 2. The van der Waals surface area contributed by atoms with Crippen LogP contribution in [0.1, 0.15) is 63.7 Å². The maximum atomic E-state index is 13.7. The lowest BCUT2D eigenvalue weighted by atomic mass is 9.80. The number of hydrogen-bond donors (Lipinski definition) is 0. The van der Waals surface area contributed by atoms with Crippen LogP contribution < -0.4 is 4.90 Å². The Labute approximate surface area is 265 Å². The molecule has 4 aromatic carbocycles. The standard InChI is InChI=1S/C35H27Cl4NO2/c1-16-13-18(3)32(19(4)14-16)40-22-12-11-20-9-7-8-10-21(20)27(22)35(5,6)23(40)15-17(2)24-33(41)25-26(34(24)42)29(37)31(39)30(38)28(25)36/h7-15H,1-6H3/b23-15-. The lowest BCUT2D eigenvalue weighted by Gasteiger charge is -2.30. The molecular weight excluding hydrogens is 608 g/mol. The smallest absolute Gasteiger partial charge is 0.199 e. The summed E-state index contributed by atoms with van der Waals surface area (Å²) in [5.74, 6) is -1.02. The number of hydrogen-bond acceptors (Lipinski definition) is 3. The third-order valence-electron chi connectivity index (χ3n) is 8.44. The molecule has 0 N–H and O–H groups in total. The average Bonchev–Trinajstić information content (AvgIpc) is 3.32. The second-order valence-electron chi connectivity index (χ2n) is 11.6. The summed E-state index contributed by atoms with van der Waals surface area (Å²) in [4.78, 5) is 29.8. The number of benzene rings is 4. The fraction of sp³-hybridized carbons (Fsp3) is 0.200. The second-order valence-corrected chi connectivity index (χ2v) is 13.2. The Hall–Kier alpha value is -3.08. The van der Waals surface area contributed by atoms with Crippen LogP contribution in [0.15, 0.2) is 71.5 Å². The van der Waals surface area contributed by atoms with Gasteiger partial charge in [-0.3, -0.25) is 9.59 Å². The van der Waals surface area contributed by atoms with E-state index in [-0.39, 0.29) is 36.8 Å². The number of nitrogens with zero attached hydrogens (tertiary/aromatic N) is 1. The van der Waals surface area contributed by atoms with Gasteiger partial charge in [0.05, 0.1) is 48.2 Å². The molecular formula is C35H27Cl4NO2. The molecule has 3 nitrogen and oxygen atoms in total. The Bertz CT molecular complexity index is 1910. The SMILES string of the molecule is CC(/C=C1\N(c2c(C)cc(C)cc2C)c2ccc3ccccc3c2C1(C)C)=C1C(=O)c2c(Cl)c(Cl)c(Cl)c(Cl)c2C1=O. The number of Topliss-reactive ketones (excluding diaryl/α,β-unsaturated/α-hetero) is 2. The molecule has 0 atom stereocenters. The van der Waals surface area contributed by atoms with Crippen molar-refractivity contribution in [1.82, 2.24) is 0 Å². The first kappa shape index (κ1) is 29.0. The van der Waals surface area contributed by atoms with Crippen molar-refractivity contribution in [2.45, 2.75) is 47.0 Å². The summed E-state index contributed by atoms with van der Waals surface area (Å²) in [6.45, 7) is 12.5. The summed E-state index contributed by atoms with van der Waals surface area (Å²) in [6.07, 6.45) is 1.95. The van der Waals surface area contributed by atoms with Gasteiger partial charge in [0.1, 0.15) is 0 Å².